The molecule has 7 nitrogen and oxygen atoms in total. The Morgan fingerprint density at radius 2 is 1.76 bits per heavy atom. The van der Waals surface area contributed by atoms with Crippen LogP contribution in [0.1, 0.15) is 25.8 Å². The molecule has 0 fully saturated rings. The predicted molar refractivity (Wildman–Crippen MR) is 96.6 cm³/mol. The van der Waals surface area contributed by atoms with Crippen LogP contribution in [0.2, 0.25) is 0 Å². The highest BCUT2D eigenvalue weighted by molar-refractivity contribution is 5.90. The van der Waals surface area contributed by atoms with Gasteiger partial charge in [0.1, 0.15) is 6.04 Å². The minimum Gasteiger partial charge on any atom is -0.368 e. The fraction of sp³-hybridized carbons (Fsp3) is 0.500. The maximum Gasteiger partial charge on any atom is 0.243 e. The predicted octanol–water partition coefficient (Wildman–Crippen LogP) is -0.0489. The summed E-state index contributed by atoms with van der Waals surface area (Å²) in [6, 6.07) is 9.30. The van der Waals surface area contributed by atoms with Gasteiger partial charge in [0.25, 0.3) is 0 Å². The molecule has 1 rings (SSSR count). The van der Waals surface area contributed by atoms with E-state index in [0.29, 0.717) is 13.0 Å². The van der Waals surface area contributed by atoms with Crippen LogP contribution in [0.3, 0.4) is 0 Å². The first-order valence-corrected chi connectivity index (χ1v) is 8.48. The molecule has 7 heteroatoms. The summed E-state index contributed by atoms with van der Waals surface area (Å²) in [7, 11) is 0. The van der Waals surface area contributed by atoms with Gasteiger partial charge in [-0.1, -0.05) is 44.2 Å². The van der Waals surface area contributed by atoms with Crippen molar-refractivity contribution < 1.29 is 14.4 Å². The van der Waals surface area contributed by atoms with Crippen molar-refractivity contribution in [2.75, 3.05) is 19.6 Å². The molecule has 0 heterocycles. The van der Waals surface area contributed by atoms with E-state index in [2.05, 4.69) is 16.0 Å². The standard InChI is InChI=1S/C18H28N4O3/c1-13(2)10-15(18(25)21-11-16(19)23)22-17(24)12-20-9-8-14-6-4-3-5-7-14/h3-7,13,15,20H,8-12H2,1-2H3,(H2,19,23)(H,21,25)(H,22,24)/t15-/m0/s1. The van der Waals surface area contributed by atoms with Crippen molar-refractivity contribution in [3.8, 4) is 0 Å². The zero-order valence-corrected chi connectivity index (χ0v) is 14.9. The summed E-state index contributed by atoms with van der Waals surface area (Å²) >= 11 is 0. The average molecular weight is 348 g/mol. The van der Waals surface area contributed by atoms with Crippen LogP contribution in [-0.4, -0.2) is 43.4 Å². The molecule has 0 saturated heterocycles. The third-order valence-corrected chi connectivity index (χ3v) is 3.51. The third kappa shape index (κ3) is 9.46. The molecule has 1 aromatic carbocycles. The molecule has 3 amide bonds. The molecular weight excluding hydrogens is 320 g/mol. The Kier molecular flexibility index (Phi) is 9.24. The maximum atomic E-state index is 12.1. The first-order chi connectivity index (χ1) is 11.9. The summed E-state index contributed by atoms with van der Waals surface area (Å²) < 4.78 is 0. The van der Waals surface area contributed by atoms with Crippen LogP contribution in [0.4, 0.5) is 0 Å². The van der Waals surface area contributed by atoms with Crippen molar-refractivity contribution in [2.24, 2.45) is 11.7 Å². The van der Waals surface area contributed by atoms with Gasteiger partial charge in [0.15, 0.2) is 0 Å². The summed E-state index contributed by atoms with van der Waals surface area (Å²) in [5.74, 6) is -1.06. The molecule has 0 aromatic heterocycles. The first-order valence-electron chi connectivity index (χ1n) is 8.48. The number of rotatable bonds is 11. The highest BCUT2D eigenvalue weighted by Gasteiger charge is 2.21. The van der Waals surface area contributed by atoms with E-state index in [0.717, 1.165) is 6.42 Å². The molecule has 1 aromatic rings. The molecule has 0 spiro atoms. The average Bonchev–Trinajstić information content (AvgIpc) is 2.56. The van der Waals surface area contributed by atoms with Gasteiger partial charge in [-0.3, -0.25) is 14.4 Å². The Morgan fingerprint density at radius 1 is 1.08 bits per heavy atom. The maximum absolute atomic E-state index is 12.1. The van der Waals surface area contributed by atoms with Gasteiger partial charge in [0, 0.05) is 0 Å². The minimum atomic E-state index is -0.678. The SMILES string of the molecule is CC(C)C[C@H](NC(=O)CNCCc1ccccc1)C(=O)NCC(N)=O. The van der Waals surface area contributed by atoms with Crippen molar-refractivity contribution in [3.05, 3.63) is 35.9 Å². The Morgan fingerprint density at radius 3 is 2.36 bits per heavy atom. The lowest BCUT2D eigenvalue weighted by molar-refractivity contribution is -0.130. The molecule has 0 unspecified atom stereocenters. The van der Waals surface area contributed by atoms with E-state index in [1.54, 1.807) is 0 Å². The van der Waals surface area contributed by atoms with E-state index in [1.807, 2.05) is 44.2 Å². The van der Waals surface area contributed by atoms with Gasteiger partial charge < -0.3 is 21.7 Å². The monoisotopic (exact) mass is 348 g/mol. The number of nitrogens with two attached hydrogens (primary N) is 1. The molecule has 0 saturated carbocycles. The Labute approximate surface area is 148 Å². The molecule has 5 N–H and O–H groups in total. The zero-order valence-electron chi connectivity index (χ0n) is 14.9. The molecule has 25 heavy (non-hydrogen) atoms. The van der Waals surface area contributed by atoms with E-state index in [9.17, 15) is 14.4 Å². The Balaban J connectivity index is 2.37. The number of amides is 3. The number of hydrogen-bond donors (Lipinski definition) is 4. The second-order valence-electron chi connectivity index (χ2n) is 6.35. The van der Waals surface area contributed by atoms with Crippen LogP contribution in [0.25, 0.3) is 0 Å². The number of hydrogen-bond acceptors (Lipinski definition) is 4. The van der Waals surface area contributed by atoms with E-state index < -0.39 is 17.9 Å². The van der Waals surface area contributed by atoms with Gasteiger partial charge in [-0.2, -0.15) is 0 Å². The van der Waals surface area contributed by atoms with Crippen molar-refractivity contribution in [2.45, 2.75) is 32.7 Å². The highest BCUT2D eigenvalue weighted by atomic mass is 16.2. The van der Waals surface area contributed by atoms with Crippen molar-refractivity contribution in [3.63, 3.8) is 0 Å². The van der Waals surface area contributed by atoms with Crippen molar-refractivity contribution >= 4 is 17.7 Å². The fourth-order valence-corrected chi connectivity index (χ4v) is 2.33. The summed E-state index contributed by atoms with van der Waals surface area (Å²) in [5.41, 5.74) is 6.21. The van der Waals surface area contributed by atoms with Gasteiger partial charge in [-0.05, 0) is 30.9 Å². The van der Waals surface area contributed by atoms with Crippen molar-refractivity contribution in [1.82, 2.24) is 16.0 Å². The second kappa shape index (κ2) is 11.2. The summed E-state index contributed by atoms with van der Waals surface area (Å²) in [5, 5.41) is 8.20. The lowest BCUT2D eigenvalue weighted by atomic mass is 10.0. The smallest absolute Gasteiger partial charge is 0.243 e. The first kappa shape index (κ1) is 20.6. The molecule has 1 atom stereocenters. The summed E-state index contributed by atoms with van der Waals surface area (Å²) in [6.07, 6.45) is 1.31. The Hall–Kier alpha value is -2.41. The van der Waals surface area contributed by atoms with E-state index in [1.165, 1.54) is 5.56 Å². The Bertz CT molecular complexity index is 561. The number of benzene rings is 1. The lowest BCUT2D eigenvalue weighted by Crippen LogP contribution is -2.50. The zero-order chi connectivity index (χ0) is 18.7. The topological polar surface area (TPSA) is 113 Å². The molecule has 0 aliphatic rings. The van der Waals surface area contributed by atoms with Gasteiger partial charge in [-0.25, -0.2) is 0 Å². The van der Waals surface area contributed by atoms with E-state index >= 15 is 0 Å². The highest BCUT2D eigenvalue weighted by Crippen LogP contribution is 2.05. The van der Waals surface area contributed by atoms with Crippen LogP contribution < -0.4 is 21.7 Å². The third-order valence-electron chi connectivity index (χ3n) is 3.51. The van der Waals surface area contributed by atoms with Crippen LogP contribution in [0.5, 0.6) is 0 Å². The van der Waals surface area contributed by atoms with Gasteiger partial charge in [0.2, 0.25) is 17.7 Å². The van der Waals surface area contributed by atoms with Crippen molar-refractivity contribution in [1.29, 1.82) is 0 Å². The molecular formula is C18H28N4O3. The summed E-state index contributed by atoms with van der Waals surface area (Å²) in [6.45, 7) is 4.47. The largest absolute Gasteiger partial charge is 0.368 e. The van der Waals surface area contributed by atoms with Gasteiger partial charge >= 0.3 is 0 Å². The minimum absolute atomic E-state index is 0.129. The quantitative estimate of drug-likeness (QED) is 0.420. The molecule has 0 radical (unpaired) electrons. The molecule has 0 bridgehead atoms. The van der Waals surface area contributed by atoms with E-state index in [-0.39, 0.29) is 24.9 Å². The number of primary amides is 1. The normalized spacial score (nSPS) is 11.8. The number of carbonyl (C=O) groups excluding carboxylic acids is 3. The van der Waals surface area contributed by atoms with Gasteiger partial charge in [0.05, 0.1) is 13.1 Å². The molecule has 0 aliphatic carbocycles. The van der Waals surface area contributed by atoms with Crippen LogP contribution in [-0.2, 0) is 20.8 Å². The summed E-state index contributed by atoms with van der Waals surface area (Å²) in [4.78, 5) is 34.9. The fourth-order valence-electron chi connectivity index (χ4n) is 2.33. The van der Waals surface area contributed by atoms with Crippen LogP contribution >= 0.6 is 0 Å². The van der Waals surface area contributed by atoms with Crippen LogP contribution in [0, 0.1) is 5.92 Å². The molecule has 0 aliphatic heterocycles. The molecule has 138 valence electrons. The van der Waals surface area contributed by atoms with Crippen LogP contribution in [0.15, 0.2) is 30.3 Å². The number of carbonyl (C=O) groups is 3. The number of nitrogens with one attached hydrogen (secondary N) is 3. The van der Waals surface area contributed by atoms with E-state index in [4.69, 9.17) is 5.73 Å². The second-order valence-corrected chi connectivity index (χ2v) is 6.35. The van der Waals surface area contributed by atoms with Gasteiger partial charge in [-0.15, -0.1) is 0 Å². The lowest BCUT2D eigenvalue weighted by Gasteiger charge is -2.20.